The van der Waals surface area contributed by atoms with Crippen LogP contribution < -0.4 is 10.6 Å². The fourth-order valence-corrected chi connectivity index (χ4v) is 4.13. The summed E-state index contributed by atoms with van der Waals surface area (Å²) in [6.45, 7) is 1.75. The summed E-state index contributed by atoms with van der Waals surface area (Å²) in [7, 11) is 0. The van der Waals surface area contributed by atoms with E-state index in [1.54, 1.807) is 34.5 Å². The number of nitrogens with zero attached hydrogens (tertiary/aromatic N) is 1. The number of benzene rings is 1. The number of hydrogen-bond acceptors (Lipinski definition) is 4. The molecule has 2 aromatic rings. The number of carbonyl (C=O) groups excluding carboxylic acids is 3. The lowest BCUT2D eigenvalue weighted by Crippen LogP contribution is -2.44. The highest BCUT2D eigenvalue weighted by molar-refractivity contribution is 7.08. The second kappa shape index (κ2) is 10.9. The third kappa shape index (κ3) is 6.13. The molecule has 1 fully saturated rings. The van der Waals surface area contributed by atoms with Gasteiger partial charge in [-0.15, -0.1) is 0 Å². The van der Waals surface area contributed by atoms with Crippen molar-refractivity contribution in [3.63, 3.8) is 0 Å². The predicted molar refractivity (Wildman–Crippen MR) is 114 cm³/mol. The summed E-state index contributed by atoms with van der Waals surface area (Å²) in [6, 6.07) is 8.30. The number of thiophene rings is 1. The van der Waals surface area contributed by atoms with Crippen molar-refractivity contribution in [1.29, 1.82) is 0 Å². The molecule has 8 heteroatoms. The van der Waals surface area contributed by atoms with Crippen LogP contribution in [0.4, 0.5) is 4.39 Å². The fourth-order valence-electron chi connectivity index (χ4n) is 3.49. The van der Waals surface area contributed by atoms with Crippen molar-refractivity contribution in [3.8, 4) is 0 Å². The number of carbonyl (C=O) groups is 3. The molecular weight excluding hydrogens is 405 g/mol. The molecule has 1 aliphatic heterocycles. The van der Waals surface area contributed by atoms with Gasteiger partial charge in [0.15, 0.2) is 0 Å². The fraction of sp³-hybridized carbons (Fsp3) is 0.409. The van der Waals surface area contributed by atoms with Gasteiger partial charge in [0, 0.05) is 49.5 Å². The van der Waals surface area contributed by atoms with Crippen molar-refractivity contribution in [2.45, 2.75) is 25.7 Å². The van der Waals surface area contributed by atoms with E-state index in [9.17, 15) is 18.8 Å². The van der Waals surface area contributed by atoms with Gasteiger partial charge in [0.2, 0.25) is 11.8 Å². The number of hydrogen-bond donors (Lipinski definition) is 2. The van der Waals surface area contributed by atoms with Crippen LogP contribution in [0.1, 0.15) is 35.2 Å². The van der Waals surface area contributed by atoms with E-state index in [4.69, 9.17) is 0 Å². The first kappa shape index (κ1) is 22.0. The standard InChI is InChI=1S/C22H26FN3O3S/c23-19-4-2-1-3-16(19)5-10-24-21(28)17-7-12-26(13-8-17)20(27)6-11-25-22(29)18-9-14-30-15-18/h1-4,9,14-15,17H,5-8,10-13H2,(H,24,28)(H,25,29). The Morgan fingerprint density at radius 3 is 2.53 bits per heavy atom. The highest BCUT2D eigenvalue weighted by Gasteiger charge is 2.27. The molecule has 0 aliphatic carbocycles. The first-order valence-electron chi connectivity index (χ1n) is 10.1. The summed E-state index contributed by atoms with van der Waals surface area (Å²) in [5.41, 5.74) is 1.19. The van der Waals surface area contributed by atoms with Gasteiger partial charge < -0.3 is 15.5 Å². The third-order valence-corrected chi connectivity index (χ3v) is 5.96. The first-order valence-corrected chi connectivity index (χ1v) is 11.1. The normalized spacial score (nSPS) is 14.4. The van der Waals surface area contributed by atoms with Crippen molar-refractivity contribution in [3.05, 3.63) is 58.0 Å². The maximum atomic E-state index is 13.6. The Morgan fingerprint density at radius 1 is 1.07 bits per heavy atom. The lowest BCUT2D eigenvalue weighted by Gasteiger charge is -2.31. The van der Waals surface area contributed by atoms with E-state index in [0.717, 1.165) is 0 Å². The highest BCUT2D eigenvalue weighted by Crippen LogP contribution is 2.18. The van der Waals surface area contributed by atoms with Crippen molar-refractivity contribution in [2.75, 3.05) is 26.2 Å². The largest absolute Gasteiger partial charge is 0.356 e. The molecule has 2 N–H and O–H groups in total. The van der Waals surface area contributed by atoms with Crippen LogP contribution in [0.3, 0.4) is 0 Å². The van der Waals surface area contributed by atoms with Crippen LogP contribution in [0.5, 0.6) is 0 Å². The Morgan fingerprint density at radius 2 is 1.83 bits per heavy atom. The van der Waals surface area contributed by atoms with Gasteiger partial charge in [-0.1, -0.05) is 18.2 Å². The quantitative estimate of drug-likeness (QED) is 0.674. The zero-order valence-corrected chi connectivity index (χ0v) is 17.6. The predicted octanol–water partition coefficient (Wildman–Crippen LogP) is 2.60. The summed E-state index contributed by atoms with van der Waals surface area (Å²) in [5, 5.41) is 9.23. The summed E-state index contributed by atoms with van der Waals surface area (Å²) < 4.78 is 13.6. The van der Waals surface area contributed by atoms with Crippen molar-refractivity contribution in [2.24, 2.45) is 5.92 Å². The van der Waals surface area contributed by atoms with Gasteiger partial charge in [-0.3, -0.25) is 14.4 Å². The van der Waals surface area contributed by atoms with E-state index in [1.165, 1.54) is 17.4 Å². The molecule has 3 rings (SSSR count). The van der Waals surface area contributed by atoms with E-state index >= 15 is 0 Å². The number of likely N-dealkylation sites (tertiary alicyclic amines) is 1. The molecule has 3 amide bonds. The van der Waals surface area contributed by atoms with Crippen molar-refractivity contribution in [1.82, 2.24) is 15.5 Å². The lowest BCUT2D eigenvalue weighted by atomic mass is 9.95. The lowest BCUT2D eigenvalue weighted by molar-refractivity contribution is -0.135. The Hall–Kier alpha value is -2.74. The Labute approximate surface area is 179 Å². The van der Waals surface area contributed by atoms with Crippen LogP contribution in [0, 0.1) is 11.7 Å². The summed E-state index contributed by atoms with van der Waals surface area (Å²) in [6.07, 6.45) is 1.92. The molecule has 0 spiro atoms. The minimum absolute atomic E-state index is 0.0148. The average molecular weight is 432 g/mol. The zero-order chi connectivity index (χ0) is 21.3. The van der Waals surface area contributed by atoms with Gasteiger partial charge in [0.25, 0.3) is 5.91 Å². The molecular formula is C22H26FN3O3S. The molecule has 2 heterocycles. The topological polar surface area (TPSA) is 78.5 Å². The summed E-state index contributed by atoms with van der Waals surface area (Å²) in [4.78, 5) is 38.3. The molecule has 30 heavy (non-hydrogen) atoms. The van der Waals surface area contributed by atoms with E-state index in [1.807, 2.05) is 5.38 Å². The van der Waals surface area contributed by atoms with Crippen LogP contribution in [0.15, 0.2) is 41.1 Å². The highest BCUT2D eigenvalue weighted by atomic mass is 32.1. The van der Waals surface area contributed by atoms with E-state index in [-0.39, 0.29) is 35.9 Å². The third-order valence-electron chi connectivity index (χ3n) is 5.28. The molecule has 0 saturated carbocycles. The minimum atomic E-state index is -0.259. The number of rotatable bonds is 8. The van der Waals surface area contributed by atoms with Gasteiger partial charge in [-0.05, 0) is 42.3 Å². The van der Waals surface area contributed by atoms with Crippen LogP contribution in [0.2, 0.25) is 0 Å². The number of amides is 3. The van der Waals surface area contributed by atoms with Crippen molar-refractivity contribution < 1.29 is 18.8 Å². The zero-order valence-electron chi connectivity index (χ0n) is 16.7. The molecule has 1 saturated heterocycles. The van der Waals surface area contributed by atoms with Crippen LogP contribution in [-0.4, -0.2) is 48.8 Å². The number of piperidine rings is 1. The van der Waals surface area contributed by atoms with E-state index < -0.39 is 0 Å². The summed E-state index contributed by atoms with van der Waals surface area (Å²) >= 11 is 1.45. The molecule has 1 aliphatic rings. The van der Waals surface area contributed by atoms with Crippen LogP contribution in [-0.2, 0) is 16.0 Å². The Bertz CT molecular complexity index is 864. The molecule has 160 valence electrons. The van der Waals surface area contributed by atoms with Gasteiger partial charge in [-0.25, -0.2) is 4.39 Å². The van der Waals surface area contributed by atoms with Gasteiger partial charge >= 0.3 is 0 Å². The van der Waals surface area contributed by atoms with Gasteiger partial charge in [-0.2, -0.15) is 11.3 Å². The second-order valence-corrected chi connectivity index (χ2v) is 8.09. The molecule has 0 unspecified atom stereocenters. The van der Waals surface area contributed by atoms with Crippen molar-refractivity contribution >= 4 is 29.1 Å². The Kier molecular flexibility index (Phi) is 7.96. The molecule has 1 aromatic carbocycles. The van der Waals surface area contributed by atoms with E-state index in [0.29, 0.717) is 56.6 Å². The van der Waals surface area contributed by atoms with Gasteiger partial charge in [0.1, 0.15) is 5.82 Å². The van der Waals surface area contributed by atoms with Gasteiger partial charge in [0.05, 0.1) is 0 Å². The first-order chi connectivity index (χ1) is 14.5. The monoisotopic (exact) mass is 431 g/mol. The SMILES string of the molecule is O=C(NCCC(=O)N1CCC(C(=O)NCCc2ccccc2F)CC1)c1ccsc1. The van der Waals surface area contributed by atoms with Crippen LogP contribution >= 0.6 is 11.3 Å². The van der Waals surface area contributed by atoms with Crippen LogP contribution in [0.25, 0.3) is 0 Å². The Balaban J connectivity index is 1.32. The molecule has 1 aromatic heterocycles. The average Bonchev–Trinajstić information content (AvgIpc) is 3.30. The molecule has 0 radical (unpaired) electrons. The molecule has 0 bridgehead atoms. The maximum Gasteiger partial charge on any atom is 0.252 e. The molecule has 0 atom stereocenters. The maximum absolute atomic E-state index is 13.6. The second-order valence-electron chi connectivity index (χ2n) is 7.31. The minimum Gasteiger partial charge on any atom is -0.356 e. The summed E-state index contributed by atoms with van der Waals surface area (Å²) in [5.74, 6) is -0.617. The smallest absolute Gasteiger partial charge is 0.252 e. The molecule has 6 nitrogen and oxygen atoms in total. The number of halogens is 1. The number of nitrogens with one attached hydrogen (secondary N) is 2. The van der Waals surface area contributed by atoms with E-state index in [2.05, 4.69) is 10.6 Å².